The topological polar surface area (TPSA) is 83.0 Å². The minimum absolute atomic E-state index is 0. The SMILES string of the molecule is CC(=O)Oc1cn(CCN)nn1.Cl. The van der Waals surface area contributed by atoms with Crippen LogP contribution in [0.2, 0.25) is 0 Å². The van der Waals surface area contributed by atoms with Crippen LogP contribution in [-0.2, 0) is 11.3 Å². The Balaban J connectivity index is 0.00000144. The van der Waals surface area contributed by atoms with E-state index in [0.717, 1.165) is 0 Å². The van der Waals surface area contributed by atoms with E-state index in [9.17, 15) is 4.79 Å². The molecule has 7 heteroatoms. The van der Waals surface area contributed by atoms with Gasteiger partial charge in [0, 0.05) is 13.5 Å². The highest BCUT2D eigenvalue weighted by molar-refractivity contribution is 5.85. The molecule has 13 heavy (non-hydrogen) atoms. The molecule has 1 aromatic rings. The number of aromatic nitrogens is 3. The van der Waals surface area contributed by atoms with Crippen molar-refractivity contribution in [3.05, 3.63) is 6.20 Å². The molecule has 0 unspecified atom stereocenters. The number of nitrogens with two attached hydrogens (primary N) is 1. The van der Waals surface area contributed by atoms with E-state index in [-0.39, 0.29) is 18.3 Å². The molecule has 6 nitrogen and oxygen atoms in total. The van der Waals surface area contributed by atoms with Crippen LogP contribution in [0, 0.1) is 0 Å². The fraction of sp³-hybridized carbons (Fsp3) is 0.500. The van der Waals surface area contributed by atoms with Crippen molar-refractivity contribution in [1.82, 2.24) is 15.0 Å². The van der Waals surface area contributed by atoms with Crippen LogP contribution in [0.3, 0.4) is 0 Å². The minimum atomic E-state index is -0.408. The number of hydrogen-bond acceptors (Lipinski definition) is 5. The van der Waals surface area contributed by atoms with Gasteiger partial charge >= 0.3 is 5.97 Å². The summed E-state index contributed by atoms with van der Waals surface area (Å²) in [5.74, 6) is -0.203. The lowest BCUT2D eigenvalue weighted by Crippen LogP contribution is -2.10. The summed E-state index contributed by atoms with van der Waals surface area (Å²) in [4.78, 5) is 10.5. The maximum absolute atomic E-state index is 10.5. The van der Waals surface area contributed by atoms with Gasteiger partial charge in [0.2, 0.25) is 0 Å². The van der Waals surface area contributed by atoms with E-state index in [1.807, 2.05) is 0 Å². The van der Waals surface area contributed by atoms with Crippen LogP contribution in [-0.4, -0.2) is 27.5 Å². The van der Waals surface area contributed by atoms with E-state index in [2.05, 4.69) is 15.0 Å². The summed E-state index contributed by atoms with van der Waals surface area (Å²) in [6, 6.07) is 0. The van der Waals surface area contributed by atoms with Crippen molar-refractivity contribution in [3.8, 4) is 5.88 Å². The molecule has 0 saturated heterocycles. The third kappa shape index (κ3) is 3.86. The van der Waals surface area contributed by atoms with Gasteiger partial charge in [-0.25, -0.2) is 4.68 Å². The van der Waals surface area contributed by atoms with E-state index in [1.165, 1.54) is 17.8 Å². The molecule has 0 fully saturated rings. The Hall–Kier alpha value is -1.14. The molecule has 74 valence electrons. The van der Waals surface area contributed by atoms with E-state index < -0.39 is 5.97 Å². The third-order valence-electron chi connectivity index (χ3n) is 1.12. The largest absolute Gasteiger partial charge is 0.404 e. The Labute approximate surface area is 81.5 Å². The van der Waals surface area contributed by atoms with Crippen molar-refractivity contribution < 1.29 is 9.53 Å². The van der Waals surface area contributed by atoms with Crippen molar-refractivity contribution in [3.63, 3.8) is 0 Å². The summed E-state index contributed by atoms with van der Waals surface area (Å²) in [5.41, 5.74) is 5.27. The monoisotopic (exact) mass is 206 g/mol. The predicted octanol–water partition coefficient (Wildman–Crippen LogP) is -0.416. The molecule has 0 bridgehead atoms. The fourth-order valence-electron chi connectivity index (χ4n) is 0.716. The molecule has 0 aliphatic heterocycles. The first kappa shape index (κ1) is 11.9. The zero-order chi connectivity index (χ0) is 8.97. The lowest BCUT2D eigenvalue weighted by molar-refractivity contribution is -0.132. The average molecular weight is 207 g/mol. The highest BCUT2D eigenvalue weighted by Gasteiger charge is 2.02. The van der Waals surface area contributed by atoms with Crippen LogP contribution in [0.15, 0.2) is 6.20 Å². The molecule has 0 saturated carbocycles. The summed E-state index contributed by atoms with van der Waals surface area (Å²) in [7, 11) is 0. The van der Waals surface area contributed by atoms with Gasteiger partial charge in [0.15, 0.2) is 0 Å². The van der Waals surface area contributed by atoms with Crippen LogP contribution in [0.1, 0.15) is 6.92 Å². The second-order valence-electron chi connectivity index (χ2n) is 2.20. The van der Waals surface area contributed by atoms with Crippen molar-refractivity contribution in [1.29, 1.82) is 0 Å². The molecule has 0 radical (unpaired) electrons. The first-order chi connectivity index (χ1) is 5.72. The minimum Gasteiger partial charge on any atom is -0.404 e. The van der Waals surface area contributed by atoms with Gasteiger partial charge < -0.3 is 10.5 Å². The van der Waals surface area contributed by atoms with Crippen molar-refractivity contribution in [2.24, 2.45) is 5.73 Å². The van der Waals surface area contributed by atoms with Crippen LogP contribution < -0.4 is 10.5 Å². The van der Waals surface area contributed by atoms with Crippen LogP contribution in [0.25, 0.3) is 0 Å². The zero-order valence-corrected chi connectivity index (χ0v) is 7.95. The highest BCUT2D eigenvalue weighted by Crippen LogP contribution is 2.02. The standard InChI is InChI=1S/C6H10N4O2.ClH/c1-5(11)12-6-4-10(3-2-7)9-8-6;/h4H,2-3,7H2,1H3;1H. The average Bonchev–Trinajstić information content (AvgIpc) is 2.36. The van der Waals surface area contributed by atoms with Gasteiger partial charge in [-0.3, -0.25) is 4.79 Å². The maximum Gasteiger partial charge on any atom is 0.309 e. The molecule has 0 amide bonds. The lowest BCUT2D eigenvalue weighted by atomic mass is 10.6. The third-order valence-corrected chi connectivity index (χ3v) is 1.12. The molecule has 0 aliphatic carbocycles. The quantitative estimate of drug-likeness (QED) is 0.680. The molecule has 1 heterocycles. The van der Waals surface area contributed by atoms with Crippen LogP contribution in [0.4, 0.5) is 0 Å². The normalized spacial score (nSPS) is 9.08. The van der Waals surface area contributed by atoms with E-state index in [4.69, 9.17) is 5.73 Å². The van der Waals surface area contributed by atoms with Crippen molar-refractivity contribution in [2.75, 3.05) is 6.54 Å². The van der Waals surface area contributed by atoms with Gasteiger partial charge in [0.25, 0.3) is 5.88 Å². The van der Waals surface area contributed by atoms with E-state index >= 15 is 0 Å². The van der Waals surface area contributed by atoms with Gasteiger partial charge in [-0.05, 0) is 0 Å². The Morgan fingerprint density at radius 1 is 1.77 bits per heavy atom. The molecule has 1 aromatic heterocycles. The molecule has 0 atom stereocenters. The van der Waals surface area contributed by atoms with Crippen LogP contribution >= 0.6 is 12.4 Å². The summed E-state index contributed by atoms with van der Waals surface area (Å²) >= 11 is 0. The maximum atomic E-state index is 10.5. The second-order valence-corrected chi connectivity index (χ2v) is 2.20. The number of nitrogens with zero attached hydrogens (tertiary/aromatic N) is 3. The van der Waals surface area contributed by atoms with Gasteiger partial charge in [-0.2, -0.15) is 0 Å². The molecule has 1 rings (SSSR count). The van der Waals surface area contributed by atoms with Gasteiger partial charge in [0.05, 0.1) is 12.7 Å². The van der Waals surface area contributed by atoms with E-state index in [1.54, 1.807) is 0 Å². The van der Waals surface area contributed by atoms with Gasteiger partial charge in [-0.1, -0.05) is 10.3 Å². The number of ether oxygens (including phenoxy) is 1. The van der Waals surface area contributed by atoms with E-state index in [0.29, 0.717) is 13.1 Å². The summed E-state index contributed by atoms with van der Waals surface area (Å²) in [6.07, 6.45) is 1.52. The Bertz CT molecular complexity index is 275. The molecule has 0 aromatic carbocycles. The lowest BCUT2D eigenvalue weighted by Gasteiger charge is -1.93. The second kappa shape index (κ2) is 5.50. The number of carbonyl (C=O) groups excluding carboxylic acids is 1. The van der Waals surface area contributed by atoms with Crippen LogP contribution in [0.5, 0.6) is 5.88 Å². The molecule has 0 aliphatic rings. The number of hydrogen-bond donors (Lipinski definition) is 1. The van der Waals surface area contributed by atoms with Gasteiger partial charge in [0.1, 0.15) is 0 Å². The summed E-state index contributed by atoms with van der Waals surface area (Å²) in [5, 5.41) is 7.26. The Kier molecular flexibility index (Phi) is 5.01. The first-order valence-electron chi connectivity index (χ1n) is 3.51. The highest BCUT2D eigenvalue weighted by atomic mass is 35.5. The smallest absolute Gasteiger partial charge is 0.309 e. The number of rotatable bonds is 3. The Morgan fingerprint density at radius 2 is 2.46 bits per heavy atom. The number of halogens is 1. The molecule has 2 N–H and O–H groups in total. The predicted molar refractivity (Wildman–Crippen MR) is 47.6 cm³/mol. The summed E-state index contributed by atoms with van der Waals surface area (Å²) < 4.78 is 6.18. The van der Waals surface area contributed by atoms with Crippen molar-refractivity contribution >= 4 is 18.4 Å². The Morgan fingerprint density at radius 3 is 3.00 bits per heavy atom. The van der Waals surface area contributed by atoms with Crippen molar-refractivity contribution in [2.45, 2.75) is 13.5 Å². The molecular formula is C6H11ClN4O2. The zero-order valence-electron chi connectivity index (χ0n) is 7.14. The number of carbonyl (C=O) groups is 1. The van der Waals surface area contributed by atoms with Gasteiger partial charge in [-0.15, -0.1) is 12.4 Å². The number of esters is 1. The first-order valence-corrected chi connectivity index (χ1v) is 3.51. The summed E-state index contributed by atoms with van der Waals surface area (Å²) in [6.45, 7) is 2.35. The molecule has 0 spiro atoms. The fourth-order valence-corrected chi connectivity index (χ4v) is 0.716. The molecular weight excluding hydrogens is 196 g/mol.